The standard InChI is InChI=1S/C17H25N3S/c1-4-14(12-21-3)20(2)16(11-18)15-9-5-7-13-8-6-10-19-17(13)15/h5-10,14,16H,4,11-12,18H2,1-3H3. The number of rotatable bonds is 7. The first-order chi connectivity index (χ1) is 10.2. The van der Waals surface area contributed by atoms with Crippen LogP contribution in [0.3, 0.4) is 0 Å². The Morgan fingerprint density at radius 2 is 2.05 bits per heavy atom. The van der Waals surface area contributed by atoms with E-state index in [9.17, 15) is 0 Å². The van der Waals surface area contributed by atoms with Crippen LogP contribution in [-0.4, -0.2) is 41.5 Å². The molecule has 0 saturated carbocycles. The van der Waals surface area contributed by atoms with Crippen molar-refractivity contribution in [3.05, 3.63) is 42.1 Å². The summed E-state index contributed by atoms with van der Waals surface area (Å²) >= 11 is 1.89. The first-order valence-corrected chi connectivity index (χ1v) is 8.86. The SMILES string of the molecule is CCC(CSC)N(C)C(CN)c1cccc2cccnc12. The molecule has 0 aliphatic rings. The van der Waals surface area contributed by atoms with Crippen molar-refractivity contribution in [3.8, 4) is 0 Å². The van der Waals surface area contributed by atoms with E-state index < -0.39 is 0 Å². The number of hydrogen-bond acceptors (Lipinski definition) is 4. The van der Waals surface area contributed by atoms with E-state index in [0.717, 1.165) is 17.7 Å². The molecule has 3 nitrogen and oxygen atoms in total. The van der Waals surface area contributed by atoms with Crippen LogP contribution in [-0.2, 0) is 0 Å². The van der Waals surface area contributed by atoms with Gasteiger partial charge in [-0.15, -0.1) is 0 Å². The van der Waals surface area contributed by atoms with Crippen LogP contribution in [0, 0.1) is 0 Å². The Kier molecular flexibility index (Phi) is 6.03. The Morgan fingerprint density at radius 1 is 1.29 bits per heavy atom. The van der Waals surface area contributed by atoms with Gasteiger partial charge in [0, 0.05) is 36.0 Å². The quantitative estimate of drug-likeness (QED) is 0.852. The number of hydrogen-bond donors (Lipinski definition) is 1. The van der Waals surface area contributed by atoms with Gasteiger partial charge in [-0.25, -0.2) is 0 Å². The molecular formula is C17H25N3S. The van der Waals surface area contributed by atoms with Crippen molar-refractivity contribution in [2.45, 2.75) is 25.4 Å². The lowest BCUT2D eigenvalue weighted by Crippen LogP contribution is -2.39. The summed E-state index contributed by atoms with van der Waals surface area (Å²) in [5, 5.41) is 1.18. The smallest absolute Gasteiger partial charge is 0.0750 e. The van der Waals surface area contributed by atoms with E-state index in [0.29, 0.717) is 12.6 Å². The first kappa shape index (κ1) is 16.3. The average Bonchev–Trinajstić information content (AvgIpc) is 2.53. The number of nitrogens with two attached hydrogens (primary N) is 1. The van der Waals surface area contributed by atoms with E-state index in [-0.39, 0.29) is 6.04 Å². The normalized spacial score (nSPS) is 14.5. The van der Waals surface area contributed by atoms with Crippen LogP contribution in [0.5, 0.6) is 0 Å². The van der Waals surface area contributed by atoms with Crippen molar-refractivity contribution >= 4 is 22.7 Å². The first-order valence-electron chi connectivity index (χ1n) is 7.47. The van der Waals surface area contributed by atoms with Crippen LogP contribution in [0.25, 0.3) is 10.9 Å². The highest BCUT2D eigenvalue weighted by Crippen LogP contribution is 2.28. The summed E-state index contributed by atoms with van der Waals surface area (Å²) in [5.41, 5.74) is 8.41. The summed E-state index contributed by atoms with van der Waals surface area (Å²) in [6, 6.07) is 11.2. The zero-order valence-corrected chi connectivity index (χ0v) is 13.9. The summed E-state index contributed by atoms with van der Waals surface area (Å²) in [6.45, 7) is 2.85. The van der Waals surface area contributed by atoms with E-state index in [2.05, 4.69) is 54.4 Å². The second-order valence-corrected chi connectivity index (χ2v) is 6.27. The minimum atomic E-state index is 0.209. The largest absolute Gasteiger partial charge is 0.329 e. The second kappa shape index (κ2) is 7.78. The van der Waals surface area contributed by atoms with Crippen LogP contribution in [0.4, 0.5) is 0 Å². The van der Waals surface area contributed by atoms with Gasteiger partial charge >= 0.3 is 0 Å². The molecule has 2 atom stereocenters. The molecule has 0 spiro atoms. The number of thioether (sulfide) groups is 1. The second-order valence-electron chi connectivity index (χ2n) is 5.36. The highest BCUT2D eigenvalue weighted by atomic mass is 32.2. The van der Waals surface area contributed by atoms with Gasteiger partial charge in [0.1, 0.15) is 0 Å². The summed E-state index contributed by atoms with van der Waals surface area (Å²) in [6.07, 6.45) is 5.15. The van der Waals surface area contributed by atoms with Crippen LogP contribution < -0.4 is 5.73 Å². The Hall–Kier alpha value is -1.10. The zero-order valence-electron chi connectivity index (χ0n) is 13.1. The molecule has 0 radical (unpaired) electrons. The number of fused-ring (bicyclic) bond motifs is 1. The Labute approximate surface area is 131 Å². The van der Waals surface area contributed by atoms with Crippen LogP contribution >= 0.6 is 11.8 Å². The zero-order chi connectivity index (χ0) is 15.2. The van der Waals surface area contributed by atoms with Gasteiger partial charge in [0.2, 0.25) is 0 Å². The van der Waals surface area contributed by atoms with Gasteiger partial charge in [0.25, 0.3) is 0 Å². The molecular weight excluding hydrogens is 278 g/mol. The Morgan fingerprint density at radius 3 is 2.71 bits per heavy atom. The van der Waals surface area contributed by atoms with Crippen molar-refractivity contribution in [3.63, 3.8) is 0 Å². The Balaban J connectivity index is 2.39. The fraction of sp³-hybridized carbons (Fsp3) is 0.471. The van der Waals surface area contributed by atoms with E-state index >= 15 is 0 Å². The van der Waals surface area contributed by atoms with Gasteiger partial charge in [-0.3, -0.25) is 9.88 Å². The molecule has 114 valence electrons. The number of likely N-dealkylation sites (N-methyl/N-ethyl adjacent to an activating group) is 1. The maximum absolute atomic E-state index is 6.11. The highest BCUT2D eigenvalue weighted by Gasteiger charge is 2.23. The molecule has 0 aliphatic carbocycles. The van der Waals surface area contributed by atoms with Crippen molar-refractivity contribution in [2.75, 3.05) is 25.6 Å². The molecule has 0 amide bonds. The van der Waals surface area contributed by atoms with Gasteiger partial charge in [0.05, 0.1) is 5.52 Å². The molecule has 4 heteroatoms. The summed E-state index contributed by atoms with van der Waals surface area (Å²) in [5.74, 6) is 1.13. The maximum atomic E-state index is 6.11. The molecule has 0 bridgehead atoms. The lowest BCUT2D eigenvalue weighted by molar-refractivity contribution is 0.189. The van der Waals surface area contributed by atoms with Gasteiger partial charge in [-0.05, 0) is 31.4 Å². The predicted octanol–water partition coefficient (Wildman–Crippen LogP) is 3.31. The maximum Gasteiger partial charge on any atom is 0.0750 e. The molecule has 0 fully saturated rings. The third kappa shape index (κ3) is 3.57. The van der Waals surface area contributed by atoms with Gasteiger partial charge in [0.15, 0.2) is 0 Å². The van der Waals surface area contributed by atoms with Crippen LogP contribution in [0.1, 0.15) is 24.9 Å². The van der Waals surface area contributed by atoms with Gasteiger partial charge in [-0.2, -0.15) is 11.8 Å². The van der Waals surface area contributed by atoms with E-state index in [4.69, 9.17) is 5.73 Å². The summed E-state index contributed by atoms with van der Waals surface area (Å²) < 4.78 is 0. The fourth-order valence-corrected chi connectivity index (χ4v) is 3.74. The predicted molar refractivity (Wildman–Crippen MR) is 93.8 cm³/mol. The molecule has 1 heterocycles. The molecule has 0 saturated heterocycles. The Bertz CT molecular complexity index is 567. The number of pyridine rings is 1. The lowest BCUT2D eigenvalue weighted by Gasteiger charge is -2.34. The number of aromatic nitrogens is 1. The lowest BCUT2D eigenvalue weighted by atomic mass is 10.00. The number of benzene rings is 1. The molecule has 21 heavy (non-hydrogen) atoms. The van der Waals surface area contributed by atoms with Crippen molar-refractivity contribution in [2.24, 2.45) is 5.73 Å². The van der Waals surface area contributed by atoms with Crippen molar-refractivity contribution in [1.29, 1.82) is 0 Å². The van der Waals surface area contributed by atoms with E-state index in [1.807, 2.05) is 24.0 Å². The van der Waals surface area contributed by atoms with Crippen molar-refractivity contribution in [1.82, 2.24) is 9.88 Å². The van der Waals surface area contributed by atoms with E-state index in [1.54, 1.807) is 0 Å². The fourth-order valence-electron chi connectivity index (χ4n) is 2.88. The topological polar surface area (TPSA) is 42.1 Å². The molecule has 2 N–H and O–H groups in total. The van der Waals surface area contributed by atoms with Gasteiger partial charge < -0.3 is 5.73 Å². The van der Waals surface area contributed by atoms with E-state index in [1.165, 1.54) is 10.9 Å². The van der Waals surface area contributed by atoms with Gasteiger partial charge in [-0.1, -0.05) is 31.2 Å². The molecule has 0 aliphatic heterocycles. The molecule has 1 aromatic heterocycles. The minimum Gasteiger partial charge on any atom is -0.329 e. The molecule has 1 aromatic carbocycles. The average molecular weight is 303 g/mol. The van der Waals surface area contributed by atoms with Crippen LogP contribution in [0.15, 0.2) is 36.5 Å². The molecule has 2 aromatic rings. The van der Waals surface area contributed by atoms with Crippen LogP contribution in [0.2, 0.25) is 0 Å². The summed E-state index contributed by atoms with van der Waals surface area (Å²) in [7, 11) is 2.18. The van der Waals surface area contributed by atoms with Crippen molar-refractivity contribution < 1.29 is 0 Å². The highest BCUT2D eigenvalue weighted by molar-refractivity contribution is 7.98. The third-order valence-electron chi connectivity index (χ3n) is 4.14. The number of nitrogens with zero attached hydrogens (tertiary/aromatic N) is 2. The number of para-hydroxylation sites is 1. The molecule has 2 rings (SSSR count). The minimum absolute atomic E-state index is 0.209. The monoisotopic (exact) mass is 303 g/mol. The third-order valence-corrected chi connectivity index (χ3v) is 4.86. The summed E-state index contributed by atoms with van der Waals surface area (Å²) in [4.78, 5) is 6.99. The molecule has 2 unspecified atom stereocenters.